The third kappa shape index (κ3) is 4.74. The molecule has 0 aliphatic rings. The number of nitrogens with one attached hydrogen (secondary N) is 1. The third-order valence-electron chi connectivity index (χ3n) is 2.31. The second kappa shape index (κ2) is 6.27. The second-order valence-corrected chi connectivity index (χ2v) is 4.64. The van der Waals surface area contributed by atoms with Crippen molar-refractivity contribution in [3.05, 3.63) is 11.2 Å². The molecule has 4 nitrogen and oxygen atoms in total. The Morgan fingerprint density at radius 1 is 1.42 bits per heavy atom. The average molecular weight is 297 g/mol. The Kier molecular flexibility index (Phi) is 5.22. The van der Waals surface area contributed by atoms with Gasteiger partial charge in [-0.05, 0) is 20.8 Å². The normalized spacial score (nSPS) is 11.8. The van der Waals surface area contributed by atoms with Crippen LogP contribution in [0.2, 0.25) is 5.02 Å². The quantitative estimate of drug-likeness (QED) is 0.905. The van der Waals surface area contributed by atoms with Gasteiger partial charge in [0.15, 0.2) is 5.82 Å². The van der Waals surface area contributed by atoms with E-state index in [0.717, 1.165) is 4.90 Å². The van der Waals surface area contributed by atoms with Crippen LogP contribution in [-0.4, -0.2) is 35.3 Å². The van der Waals surface area contributed by atoms with Gasteiger partial charge < -0.3 is 10.2 Å². The summed E-state index contributed by atoms with van der Waals surface area (Å²) >= 11 is 5.90. The van der Waals surface area contributed by atoms with Crippen molar-refractivity contribution in [2.24, 2.45) is 0 Å². The zero-order valence-corrected chi connectivity index (χ0v) is 11.7. The minimum Gasteiger partial charge on any atom is -0.354 e. The van der Waals surface area contributed by atoms with Gasteiger partial charge >= 0.3 is 6.18 Å². The van der Waals surface area contributed by atoms with Crippen molar-refractivity contribution in [1.82, 2.24) is 9.97 Å². The Morgan fingerprint density at radius 2 is 2.05 bits per heavy atom. The molecule has 0 unspecified atom stereocenters. The first kappa shape index (κ1) is 15.8. The molecule has 1 aromatic rings. The zero-order chi connectivity index (χ0) is 14.6. The first-order valence-electron chi connectivity index (χ1n) is 5.84. The van der Waals surface area contributed by atoms with E-state index in [-0.39, 0.29) is 22.8 Å². The summed E-state index contributed by atoms with van der Waals surface area (Å²) in [5.41, 5.74) is 0. The fourth-order valence-electron chi connectivity index (χ4n) is 1.50. The lowest BCUT2D eigenvalue weighted by Crippen LogP contribution is -2.40. The monoisotopic (exact) mass is 296 g/mol. The minimum atomic E-state index is -4.32. The van der Waals surface area contributed by atoms with Crippen LogP contribution < -0.4 is 10.2 Å². The molecule has 0 aliphatic carbocycles. The maximum atomic E-state index is 12.6. The minimum absolute atomic E-state index is 0.0833. The maximum absolute atomic E-state index is 12.6. The molecular weight excluding hydrogens is 281 g/mol. The van der Waals surface area contributed by atoms with Gasteiger partial charge in [-0.1, -0.05) is 11.6 Å². The molecule has 1 aromatic heterocycles. The van der Waals surface area contributed by atoms with Crippen LogP contribution in [0.1, 0.15) is 20.8 Å². The zero-order valence-electron chi connectivity index (χ0n) is 10.9. The molecule has 19 heavy (non-hydrogen) atoms. The van der Waals surface area contributed by atoms with Crippen LogP contribution in [0.5, 0.6) is 0 Å². The van der Waals surface area contributed by atoms with E-state index in [1.165, 1.54) is 6.20 Å². The molecule has 8 heteroatoms. The summed E-state index contributed by atoms with van der Waals surface area (Å²) < 4.78 is 37.8. The second-order valence-electron chi connectivity index (χ2n) is 4.23. The number of anilines is 2. The molecular formula is C11H16ClF3N4. The van der Waals surface area contributed by atoms with Gasteiger partial charge in [-0.3, -0.25) is 0 Å². The number of nitrogens with zero attached hydrogens (tertiary/aromatic N) is 3. The van der Waals surface area contributed by atoms with Crippen LogP contribution in [0, 0.1) is 0 Å². The summed E-state index contributed by atoms with van der Waals surface area (Å²) in [5.74, 6) is 0.342. The highest BCUT2D eigenvalue weighted by atomic mass is 35.5. The number of alkyl halides is 3. The predicted molar refractivity (Wildman–Crippen MR) is 69.7 cm³/mol. The van der Waals surface area contributed by atoms with E-state index in [1.807, 2.05) is 6.92 Å². The first-order chi connectivity index (χ1) is 8.74. The summed E-state index contributed by atoms with van der Waals surface area (Å²) in [5, 5.41) is 2.94. The highest BCUT2D eigenvalue weighted by Gasteiger charge is 2.33. The van der Waals surface area contributed by atoms with E-state index in [4.69, 9.17) is 11.6 Å². The largest absolute Gasteiger partial charge is 0.405 e. The lowest BCUT2D eigenvalue weighted by atomic mass is 10.3. The maximum Gasteiger partial charge on any atom is 0.405 e. The molecule has 0 saturated carbocycles. The summed E-state index contributed by atoms with van der Waals surface area (Å²) in [6, 6.07) is -0.386. The molecule has 0 bridgehead atoms. The standard InChI is InChI=1S/C11H16ClF3N4/c1-4-16-10-17-5-8(12)9(18-10)19(7(2)3)6-11(13,14)15/h5,7H,4,6H2,1-3H3,(H,16,17,18). The summed E-state index contributed by atoms with van der Waals surface area (Å²) in [4.78, 5) is 9.05. The van der Waals surface area contributed by atoms with E-state index < -0.39 is 12.7 Å². The van der Waals surface area contributed by atoms with Crippen LogP contribution in [0.25, 0.3) is 0 Å². The Labute approximate surface area is 115 Å². The molecule has 0 aliphatic heterocycles. The van der Waals surface area contributed by atoms with E-state index in [9.17, 15) is 13.2 Å². The number of hydrogen-bond donors (Lipinski definition) is 1. The molecule has 0 amide bonds. The Morgan fingerprint density at radius 3 is 2.53 bits per heavy atom. The Bertz CT molecular complexity index is 423. The van der Waals surface area contributed by atoms with Crippen molar-refractivity contribution in [2.75, 3.05) is 23.3 Å². The van der Waals surface area contributed by atoms with Crippen LogP contribution in [0.15, 0.2) is 6.20 Å². The van der Waals surface area contributed by atoms with Crippen LogP contribution in [0.4, 0.5) is 24.9 Å². The van der Waals surface area contributed by atoms with Crippen LogP contribution in [0.3, 0.4) is 0 Å². The Balaban J connectivity index is 3.10. The van der Waals surface area contributed by atoms with Crippen LogP contribution >= 0.6 is 11.6 Å². The van der Waals surface area contributed by atoms with E-state index in [2.05, 4.69) is 15.3 Å². The van der Waals surface area contributed by atoms with Crippen LogP contribution in [-0.2, 0) is 0 Å². The SMILES string of the molecule is CCNc1ncc(Cl)c(N(CC(F)(F)F)C(C)C)n1. The molecule has 0 atom stereocenters. The van der Waals surface area contributed by atoms with Crippen molar-refractivity contribution in [3.8, 4) is 0 Å². The number of halogens is 4. The molecule has 0 aromatic carbocycles. The fourth-order valence-corrected chi connectivity index (χ4v) is 1.70. The highest BCUT2D eigenvalue weighted by Crippen LogP contribution is 2.28. The van der Waals surface area contributed by atoms with Gasteiger partial charge in [0.25, 0.3) is 0 Å². The highest BCUT2D eigenvalue weighted by molar-refractivity contribution is 6.32. The van der Waals surface area contributed by atoms with E-state index in [0.29, 0.717) is 6.54 Å². The van der Waals surface area contributed by atoms with Gasteiger partial charge in [0.05, 0.1) is 6.20 Å². The lowest BCUT2D eigenvalue weighted by Gasteiger charge is -2.29. The van der Waals surface area contributed by atoms with Gasteiger partial charge in [-0.15, -0.1) is 0 Å². The van der Waals surface area contributed by atoms with Crippen molar-refractivity contribution >= 4 is 23.4 Å². The predicted octanol–water partition coefficient (Wildman–Crippen LogP) is 3.34. The molecule has 1 rings (SSSR count). The van der Waals surface area contributed by atoms with Gasteiger partial charge in [-0.2, -0.15) is 18.2 Å². The molecule has 108 valence electrons. The lowest BCUT2D eigenvalue weighted by molar-refractivity contribution is -0.120. The molecule has 0 saturated heterocycles. The molecule has 1 N–H and O–H groups in total. The third-order valence-corrected chi connectivity index (χ3v) is 2.57. The molecule has 1 heterocycles. The summed E-state index contributed by atoms with van der Waals surface area (Å²) in [6.07, 6.45) is -3.02. The van der Waals surface area contributed by atoms with Crippen molar-refractivity contribution in [2.45, 2.75) is 33.0 Å². The van der Waals surface area contributed by atoms with Gasteiger partial charge in [0.1, 0.15) is 11.6 Å². The fraction of sp³-hybridized carbons (Fsp3) is 0.636. The van der Waals surface area contributed by atoms with Gasteiger partial charge in [0, 0.05) is 12.6 Å². The van der Waals surface area contributed by atoms with Crippen molar-refractivity contribution in [3.63, 3.8) is 0 Å². The van der Waals surface area contributed by atoms with Crippen molar-refractivity contribution < 1.29 is 13.2 Å². The van der Waals surface area contributed by atoms with Gasteiger partial charge in [-0.25, -0.2) is 4.98 Å². The summed E-state index contributed by atoms with van der Waals surface area (Å²) in [6.45, 7) is 4.61. The molecule has 0 spiro atoms. The van der Waals surface area contributed by atoms with Gasteiger partial charge in [0.2, 0.25) is 5.95 Å². The number of rotatable bonds is 5. The molecule has 0 fully saturated rings. The average Bonchev–Trinajstić information content (AvgIpc) is 2.28. The first-order valence-corrected chi connectivity index (χ1v) is 6.22. The number of hydrogen-bond acceptors (Lipinski definition) is 4. The summed E-state index contributed by atoms with van der Waals surface area (Å²) in [7, 11) is 0. The topological polar surface area (TPSA) is 41.1 Å². The van der Waals surface area contributed by atoms with Crippen molar-refractivity contribution in [1.29, 1.82) is 0 Å². The van der Waals surface area contributed by atoms with E-state index in [1.54, 1.807) is 13.8 Å². The molecule has 0 radical (unpaired) electrons. The number of aromatic nitrogens is 2. The smallest absolute Gasteiger partial charge is 0.354 e. The Hall–Kier alpha value is -1.24. The van der Waals surface area contributed by atoms with E-state index >= 15 is 0 Å².